The number of fused-ring (bicyclic) bond motifs is 1. The van der Waals surface area contributed by atoms with Crippen LogP contribution in [0.3, 0.4) is 0 Å². The normalized spacial score (nSPS) is 11.9. The summed E-state index contributed by atoms with van der Waals surface area (Å²) in [5, 5.41) is 1.27. The molecule has 0 radical (unpaired) electrons. The molecule has 1 nitrogen and oxygen atoms in total. The van der Waals surface area contributed by atoms with Gasteiger partial charge in [-0.3, -0.25) is 0 Å². The van der Waals surface area contributed by atoms with E-state index in [4.69, 9.17) is 0 Å². The van der Waals surface area contributed by atoms with E-state index in [1.165, 1.54) is 15.4 Å². The van der Waals surface area contributed by atoms with Crippen molar-refractivity contribution >= 4 is 29.3 Å². The molecule has 0 bridgehead atoms. The van der Waals surface area contributed by atoms with E-state index in [0.717, 1.165) is 5.52 Å². The van der Waals surface area contributed by atoms with Gasteiger partial charge in [-0.05, 0) is 0 Å². The third-order valence-corrected chi connectivity index (χ3v) is 6.59. The van der Waals surface area contributed by atoms with Crippen LogP contribution in [0.2, 0.25) is 14.8 Å². The quantitative estimate of drug-likeness (QED) is 0.772. The van der Waals surface area contributed by atoms with Gasteiger partial charge in [0.05, 0.1) is 0 Å². The summed E-state index contributed by atoms with van der Waals surface area (Å²) in [5.74, 6) is 0. The van der Waals surface area contributed by atoms with E-state index >= 15 is 0 Å². The Morgan fingerprint density at radius 1 is 1.13 bits per heavy atom. The Morgan fingerprint density at radius 2 is 1.93 bits per heavy atom. The van der Waals surface area contributed by atoms with Crippen LogP contribution in [0.5, 0.6) is 0 Å². The Bertz CT molecular complexity index is 471. The number of aromatic nitrogens is 1. The first-order valence-electron chi connectivity index (χ1n) is 5.38. The van der Waals surface area contributed by atoms with E-state index in [9.17, 15) is 0 Å². The fourth-order valence-corrected chi connectivity index (χ4v) is 5.97. The Kier molecular flexibility index (Phi) is 3.00. The molecule has 0 saturated heterocycles. The molecule has 0 aliphatic carbocycles. The van der Waals surface area contributed by atoms with Gasteiger partial charge in [-0.15, -0.1) is 0 Å². The zero-order valence-corrected chi connectivity index (χ0v) is 12.5. The molecule has 2 aromatic rings. The average molecular weight is 306 g/mol. The van der Waals surface area contributed by atoms with Crippen molar-refractivity contribution < 1.29 is 0 Å². The second-order valence-electron chi connectivity index (χ2n) is 5.27. The van der Waals surface area contributed by atoms with Gasteiger partial charge in [-0.25, -0.2) is 0 Å². The summed E-state index contributed by atoms with van der Waals surface area (Å²) in [5.41, 5.74) is 2.59. The molecule has 15 heavy (non-hydrogen) atoms. The fraction of sp³-hybridized carbons (Fsp3) is 0.308. The third kappa shape index (κ3) is 2.94. The van der Waals surface area contributed by atoms with Crippen molar-refractivity contribution in [1.82, 2.24) is 4.98 Å². The summed E-state index contributed by atoms with van der Waals surface area (Å²) in [6.45, 7) is 0. The van der Waals surface area contributed by atoms with Gasteiger partial charge in [0.15, 0.2) is 0 Å². The van der Waals surface area contributed by atoms with E-state index in [1.807, 2.05) is 12.3 Å². The number of benzene rings is 1. The van der Waals surface area contributed by atoms with E-state index in [2.05, 4.69) is 44.1 Å². The number of pyridine rings is 1. The van der Waals surface area contributed by atoms with Gasteiger partial charge in [0.1, 0.15) is 0 Å². The average Bonchev–Trinajstić information content (AvgIpc) is 2.15. The van der Waals surface area contributed by atoms with E-state index in [0.29, 0.717) is 0 Å². The van der Waals surface area contributed by atoms with Crippen molar-refractivity contribution in [2.24, 2.45) is 0 Å². The molecule has 0 saturated carbocycles. The zero-order valence-electron chi connectivity index (χ0n) is 9.62. The molecule has 0 aliphatic heterocycles. The molecule has 0 spiro atoms. The number of rotatable bonds is 2. The van der Waals surface area contributed by atoms with Crippen LogP contribution in [0.1, 0.15) is 5.56 Å². The predicted octanol–water partition coefficient (Wildman–Crippen LogP) is 3.65. The van der Waals surface area contributed by atoms with E-state index < -0.39 is 18.4 Å². The topological polar surface area (TPSA) is 12.9 Å². The molecule has 1 aromatic carbocycles. The van der Waals surface area contributed by atoms with Gasteiger partial charge in [0.2, 0.25) is 0 Å². The zero-order chi connectivity index (χ0) is 10.9. The van der Waals surface area contributed by atoms with Crippen molar-refractivity contribution in [3.63, 3.8) is 0 Å². The predicted molar refractivity (Wildman–Crippen MR) is 68.8 cm³/mol. The monoisotopic (exact) mass is 307 g/mol. The van der Waals surface area contributed by atoms with Gasteiger partial charge in [0.25, 0.3) is 0 Å². The molecule has 0 atom stereocenters. The van der Waals surface area contributed by atoms with Crippen molar-refractivity contribution in [2.75, 3.05) is 0 Å². The van der Waals surface area contributed by atoms with Crippen LogP contribution in [0, 0.1) is 0 Å². The van der Waals surface area contributed by atoms with Gasteiger partial charge in [-0.1, -0.05) is 0 Å². The molecule has 78 valence electrons. The number of nitrogens with zero attached hydrogens (tertiary/aromatic N) is 1. The fourth-order valence-electron chi connectivity index (χ4n) is 1.85. The standard InChI is InChI=1S/C10H8N.3CH3.Sn/c1-8-4-5-10-9(7-8)3-2-6-11-10;;;;/h2-7H,1H2;3*1H3;. The summed E-state index contributed by atoms with van der Waals surface area (Å²) in [6.07, 6.45) is 1.85. The summed E-state index contributed by atoms with van der Waals surface area (Å²) in [4.78, 5) is 11.8. The molecular formula is C13H17NSn. The van der Waals surface area contributed by atoms with Crippen molar-refractivity contribution in [3.05, 3.63) is 42.1 Å². The molecule has 2 rings (SSSR count). The molecular weight excluding hydrogens is 289 g/mol. The van der Waals surface area contributed by atoms with Crippen molar-refractivity contribution in [3.8, 4) is 0 Å². The minimum atomic E-state index is -1.70. The van der Waals surface area contributed by atoms with Gasteiger partial charge in [0, 0.05) is 0 Å². The first-order valence-corrected chi connectivity index (χ1v) is 16.0. The van der Waals surface area contributed by atoms with Crippen LogP contribution in [0.4, 0.5) is 0 Å². The summed E-state index contributed by atoms with van der Waals surface area (Å²) < 4.78 is 1.32. The second-order valence-corrected chi connectivity index (χ2v) is 20.9. The SMILES string of the molecule is [CH3][Sn]([CH3])([CH3])[CH2]c1ccc2ncccc2c1. The van der Waals surface area contributed by atoms with E-state index in [-0.39, 0.29) is 0 Å². The maximum absolute atomic E-state index is 4.34. The van der Waals surface area contributed by atoms with Crippen LogP contribution < -0.4 is 0 Å². The second kappa shape index (κ2) is 4.12. The van der Waals surface area contributed by atoms with Crippen LogP contribution in [0.25, 0.3) is 10.9 Å². The Balaban J connectivity index is 2.39. The molecule has 0 aliphatic rings. The van der Waals surface area contributed by atoms with Gasteiger partial charge >= 0.3 is 95.6 Å². The summed E-state index contributed by atoms with van der Waals surface area (Å²) >= 11 is -1.70. The van der Waals surface area contributed by atoms with Gasteiger partial charge in [-0.2, -0.15) is 0 Å². The first kappa shape index (κ1) is 10.9. The van der Waals surface area contributed by atoms with Gasteiger partial charge < -0.3 is 0 Å². The van der Waals surface area contributed by atoms with Crippen molar-refractivity contribution in [1.29, 1.82) is 0 Å². The Labute approximate surface area is 95.4 Å². The summed E-state index contributed by atoms with van der Waals surface area (Å²) in [7, 11) is 0. The Hall–Kier alpha value is -0.571. The molecule has 0 fully saturated rings. The van der Waals surface area contributed by atoms with Crippen molar-refractivity contribution in [2.45, 2.75) is 19.3 Å². The third-order valence-electron chi connectivity index (χ3n) is 2.40. The van der Waals surface area contributed by atoms with E-state index in [1.54, 1.807) is 0 Å². The number of hydrogen-bond donors (Lipinski definition) is 0. The maximum atomic E-state index is 4.34. The van der Waals surface area contributed by atoms with Crippen LogP contribution in [-0.2, 0) is 4.44 Å². The number of hydrogen-bond acceptors (Lipinski definition) is 1. The van der Waals surface area contributed by atoms with Crippen LogP contribution in [0.15, 0.2) is 36.5 Å². The Morgan fingerprint density at radius 3 is 2.67 bits per heavy atom. The van der Waals surface area contributed by atoms with Crippen LogP contribution in [-0.4, -0.2) is 23.4 Å². The first-order chi connectivity index (χ1) is 7.04. The molecule has 0 unspecified atom stereocenters. The molecule has 1 heterocycles. The summed E-state index contributed by atoms with van der Waals surface area (Å²) in [6, 6.07) is 10.8. The molecule has 2 heteroatoms. The van der Waals surface area contributed by atoms with Crippen LogP contribution >= 0.6 is 0 Å². The minimum absolute atomic E-state index is 1.10. The molecule has 0 amide bonds. The molecule has 1 aromatic heterocycles. The molecule has 0 N–H and O–H groups in total.